The van der Waals surface area contributed by atoms with E-state index in [1.165, 1.54) is 47.4 Å². The van der Waals surface area contributed by atoms with Crippen LogP contribution in [0, 0.1) is 0 Å². The molecular formula is C32H21NS. The third-order valence-corrected chi connectivity index (χ3v) is 7.76. The number of fused-ring (bicyclic) bond motifs is 6. The van der Waals surface area contributed by atoms with Crippen molar-refractivity contribution in [3.05, 3.63) is 127 Å². The molecule has 6 aromatic carbocycles. The highest BCUT2D eigenvalue weighted by Gasteiger charge is 2.17. The van der Waals surface area contributed by atoms with E-state index < -0.39 is 0 Å². The molecule has 34 heavy (non-hydrogen) atoms. The fourth-order valence-electron chi connectivity index (χ4n) is 5.08. The summed E-state index contributed by atoms with van der Waals surface area (Å²) in [6.07, 6.45) is 0. The van der Waals surface area contributed by atoms with Gasteiger partial charge in [-0.2, -0.15) is 0 Å². The highest BCUT2D eigenvalue weighted by Crippen LogP contribution is 2.44. The van der Waals surface area contributed by atoms with Crippen molar-refractivity contribution in [3.8, 4) is 0 Å². The van der Waals surface area contributed by atoms with E-state index in [1.807, 2.05) is 11.3 Å². The first-order chi connectivity index (χ1) is 16.9. The molecule has 7 rings (SSSR count). The van der Waals surface area contributed by atoms with E-state index in [1.54, 1.807) is 0 Å². The molecule has 0 fully saturated rings. The van der Waals surface area contributed by atoms with Gasteiger partial charge in [-0.3, -0.25) is 0 Å². The number of hydrogen-bond acceptors (Lipinski definition) is 2. The lowest BCUT2D eigenvalue weighted by Gasteiger charge is -2.27. The van der Waals surface area contributed by atoms with Crippen LogP contribution in [0.25, 0.3) is 41.7 Å². The normalized spacial score (nSPS) is 11.5. The van der Waals surface area contributed by atoms with Crippen LogP contribution in [0.5, 0.6) is 0 Å². The molecule has 0 spiro atoms. The van der Waals surface area contributed by atoms with Gasteiger partial charge in [-0.25, -0.2) is 0 Å². The van der Waals surface area contributed by atoms with Gasteiger partial charge in [0.1, 0.15) is 0 Å². The molecule has 0 bridgehead atoms. The predicted octanol–water partition coefficient (Wildman–Crippen LogP) is 9.83. The van der Waals surface area contributed by atoms with Gasteiger partial charge in [0.25, 0.3) is 0 Å². The van der Waals surface area contributed by atoms with Crippen molar-refractivity contribution in [1.29, 1.82) is 0 Å². The molecule has 0 amide bonds. The SMILES string of the molecule is c1ccc(N(c2ccc3ccccc3c2)c2cccc3c2ccc2sc4ccccc4c23)cc1. The van der Waals surface area contributed by atoms with Gasteiger partial charge in [-0.15, -0.1) is 11.3 Å². The molecule has 0 saturated heterocycles. The van der Waals surface area contributed by atoms with E-state index in [9.17, 15) is 0 Å². The van der Waals surface area contributed by atoms with Crippen LogP contribution >= 0.6 is 11.3 Å². The third-order valence-electron chi connectivity index (χ3n) is 6.62. The van der Waals surface area contributed by atoms with Crippen LogP contribution in [0.1, 0.15) is 0 Å². The van der Waals surface area contributed by atoms with E-state index in [0.717, 1.165) is 11.4 Å². The van der Waals surface area contributed by atoms with Crippen molar-refractivity contribution >= 4 is 70.1 Å². The van der Waals surface area contributed by atoms with Crippen LogP contribution in [0.4, 0.5) is 17.1 Å². The molecular weight excluding hydrogens is 430 g/mol. The second-order valence-electron chi connectivity index (χ2n) is 8.61. The Morgan fingerprint density at radius 3 is 2.12 bits per heavy atom. The van der Waals surface area contributed by atoms with Gasteiger partial charge in [0.15, 0.2) is 0 Å². The average molecular weight is 452 g/mol. The first-order valence-electron chi connectivity index (χ1n) is 11.5. The molecule has 0 aliphatic carbocycles. The maximum absolute atomic E-state index is 2.38. The summed E-state index contributed by atoms with van der Waals surface area (Å²) in [4.78, 5) is 2.38. The Hall–Kier alpha value is -4.14. The molecule has 1 aromatic heterocycles. The smallest absolute Gasteiger partial charge is 0.0540 e. The molecule has 2 heteroatoms. The van der Waals surface area contributed by atoms with Crippen molar-refractivity contribution in [2.75, 3.05) is 4.90 Å². The Morgan fingerprint density at radius 2 is 1.21 bits per heavy atom. The summed E-state index contributed by atoms with van der Waals surface area (Å²) in [7, 11) is 0. The molecule has 7 aromatic rings. The van der Waals surface area contributed by atoms with E-state index in [2.05, 4.69) is 132 Å². The summed E-state index contributed by atoms with van der Waals surface area (Å²) < 4.78 is 2.67. The molecule has 1 heterocycles. The highest BCUT2D eigenvalue weighted by molar-refractivity contribution is 7.26. The molecule has 0 N–H and O–H groups in total. The van der Waals surface area contributed by atoms with E-state index in [-0.39, 0.29) is 0 Å². The van der Waals surface area contributed by atoms with Gasteiger partial charge in [-0.1, -0.05) is 84.9 Å². The Labute approximate surface area is 202 Å². The second kappa shape index (κ2) is 7.72. The first kappa shape index (κ1) is 19.3. The zero-order chi connectivity index (χ0) is 22.5. The van der Waals surface area contributed by atoms with Gasteiger partial charge in [0.2, 0.25) is 0 Å². The number of anilines is 3. The highest BCUT2D eigenvalue weighted by atomic mass is 32.1. The summed E-state index contributed by atoms with van der Waals surface area (Å²) in [5.74, 6) is 0. The number of rotatable bonds is 3. The number of hydrogen-bond donors (Lipinski definition) is 0. The summed E-state index contributed by atoms with van der Waals surface area (Å²) in [5.41, 5.74) is 3.50. The van der Waals surface area contributed by atoms with Crippen molar-refractivity contribution in [1.82, 2.24) is 0 Å². The number of para-hydroxylation sites is 1. The standard InChI is InChI=1S/C32H21NS/c1-2-11-24(12-3-1)33(25-18-17-22-9-4-5-10-23(22)21-25)29-15-8-14-27-26(29)19-20-31-32(27)28-13-6-7-16-30(28)34-31/h1-21H. The van der Waals surface area contributed by atoms with Crippen molar-refractivity contribution in [3.63, 3.8) is 0 Å². The number of benzene rings is 6. The lowest BCUT2D eigenvalue weighted by atomic mass is 10.0. The minimum atomic E-state index is 1.15. The third kappa shape index (κ3) is 3.00. The quantitative estimate of drug-likeness (QED) is 0.258. The molecule has 160 valence electrons. The van der Waals surface area contributed by atoms with Crippen LogP contribution in [-0.2, 0) is 0 Å². The maximum atomic E-state index is 2.38. The van der Waals surface area contributed by atoms with Crippen LogP contribution in [0.15, 0.2) is 127 Å². The summed E-state index contributed by atoms with van der Waals surface area (Å²) >= 11 is 1.87. The summed E-state index contributed by atoms with van der Waals surface area (Å²) in [6, 6.07) is 46.0. The fourth-order valence-corrected chi connectivity index (χ4v) is 6.20. The summed E-state index contributed by atoms with van der Waals surface area (Å²) in [6.45, 7) is 0. The molecule has 0 saturated carbocycles. The fraction of sp³-hybridized carbons (Fsp3) is 0. The monoisotopic (exact) mass is 451 g/mol. The van der Waals surface area contributed by atoms with Crippen molar-refractivity contribution < 1.29 is 0 Å². The Morgan fingerprint density at radius 1 is 0.441 bits per heavy atom. The van der Waals surface area contributed by atoms with Gasteiger partial charge in [0, 0.05) is 36.9 Å². The largest absolute Gasteiger partial charge is 0.310 e. The van der Waals surface area contributed by atoms with Crippen molar-refractivity contribution in [2.45, 2.75) is 0 Å². The van der Waals surface area contributed by atoms with E-state index in [0.29, 0.717) is 0 Å². The minimum Gasteiger partial charge on any atom is -0.310 e. The van der Waals surface area contributed by atoms with E-state index in [4.69, 9.17) is 0 Å². The molecule has 0 radical (unpaired) electrons. The van der Waals surface area contributed by atoms with Gasteiger partial charge >= 0.3 is 0 Å². The van der Waals surface area contributed by atoms with E-state index >= 15 is 0 Å². The molecule has 1 nitrogen and oxygen atoms in total. The molecule has 0 atom stereocenters. The maximum Gasteiger partial charge on any atom is 0.0540 e. The van der Waals surface area contributed by atoms with Gasteiger partial charge in [-0.05, 0) is 58.6 Å². The zero-order valence-electron chi connectivity index (χ0n) is 18.5. The first-order valence-corrected chi connectivity index (χ1v) is 12.4. The van der Waals surface area contributed by atoms with Crippen LogP contribution in [0.2, 0.25) is 0 Å². The van der Waals surface area contributed by atoms with Crippen LogP contribution < -0.4 is 4.90 Å². The second-order valence-corrected chi connectivity index (χ2v) is 9.70. The number of thiophene rings is 1. The molecule has 0 aliphatic rings. The van der Waals surface area contributed by atoms with Crippen LogP contribution in [-0.4, -0.2) is 0 Å². The molecule has 0 aliphatic heterocycles. The van der Waals surface area contributed by atoms with Gasteiger partial charge in [0.05, 0.1) is 5.69 Å². The topological polar surface area (TPSA) is 3.24 Å². The van der Waals surface area contributed by atoms with Crippen molar-refractivity contribution in [2.24, 2.45) is 0 Å². The Bertz CT molecular complexity index is 1810. The Balaban J connectivity index is 1.54. The minimum absolute atomic E-state index is 1.15. The van der Waals surface area contributed by atoms with Crippen LogP contribution in [0.3, 0.4) is 0 Å². The summed E-state index contributed by atoms with van der Waals surface area (Å²) in [5, 5.41) is 7.74. The lowest BCUT2D eigenvalue weighted by molar-refractivity contribution is 1.30. The predicted molar refractivity (Wildman–Crippen MR) is 149 cm³/mol. The number of nitrogens with zero attached hydrogens (tertiary/aromatic N) is 1. The Kier molecular flexibility index (Phi) is 4.39. The average Bonchev–Trinajstić information content (AvgIpc) is 3.29. The molecule has 0 unspecified atom stereocenters. The zero-order valence-corrected chi connectivity index (χ0v) is 19.3. The van der Waals surface area contributed by atoms with Gasteiger partial charge < -0.3 is 4.90 Å². The lowest BCUT2D eigenvalue weighted by Crippen LogP contribution is -2.10.